The topological polar surface area (TPSA) is 41.6 Å². The molecule has 0 bridgehead atoms. The highest BCUT2D eigenvalue weighted by Gasteiger charge is 2.35. The molecule has 2 aromatic carbocycles. The molecule has 3 rings (SSSR count). The van der Waals surface area contributed by atoms with E-state index in [9.17, 15) is 18.0 Å². The van der Waals surface area contributed by atoms with Gasteiger partial charge in [-0.25, -0.2) is 0 Å². The average molecular weight is 392 g/mol. The van der Waals surface area contributed by atoms with Gasteiger partial charge in [-0.1, -0.05) is 13.0 Å². The maximum Gasteiger partial charge on any atom is 0.419 e. The van der Waals surface area contributed by atoms with E-state index < -0.39 is 17.6 Å². The van der Waals surface area contributed by atoms with E-state index in [0.717, 1.165) is 50.2 Å². The lowest BCUT2D eigenvalue weighted by Crippen LogP contribution is -2.31. The molecule has 0 radical (unpaired) electrons. The van der Waals surface area contributed by atoms with Crippen LogP contribution < -0.4 is 10.1 Å². The van der Waals surface area contributed by atoms with Gasteiger partial charge in [-0.3, -0.25) is 9.69 Å². The summed E-state index contributed by atoms with van der Waals surface area (Å²) in [5, 5.41) is 2.71. The number of nitrogens with one attached hydrogen (secondary N) is 1. The Labute approximate surface area is 162 Å². The summed E-state index contributed by atoms with van der Waals surface area (Å²) < 4.78 is 44.3. The van der Waals surface area contributed by atoms with E-state index in [1.54, 1.807) is 6.07 Å². The first-order chi connectivity index (χ1) is 13.3. The van der Waals surface area contributed by atoms with E-state index in [0.29, 0.717) is 5.69 Å². The number of ether oxygens (including phenoxy) is 1. The van der Waals surface area contributed by atoms with Crippen LogP contribution in [0.5, 0.6) is 5.75 Å². The maximum absolute atomic E-state index is 13.2. The molecule has 1 N–H and O–H groups in total. The number of amides is 1. The molecule has 0 saturated carbocycles. The first-order valence-corrected chi connectivity index (χ1v) is 9.22. The van der Waals surface area contributed by atoms with Crippen LogP contribution in [0.3, 0.4) is 0 Å². The molecule has 150 valence electrons. The van der Waals surface area contributed by atoms with Crippen molar-refractivity contribution < 1.29 is 22.7 Å². The SMILES string of the molecule is CCCN1CCc2ccc(NC(=O)c3ccc(OC)c(C(F)(F)F)c3)cc2C1. The molecule has 0 unspecified atom stereocenters. The second-order valence-electron chi connectivity index (χ2n) is 6.88. The number of benzene rings is 2. The van der Waals surface area contributed by atoms with E-state index in [2.05, 4.69) is 17.1 Å². The van der Waals surface area contributed by atoms with Crippen molar-refractivity contribution in [1.82, 2.24) is 4.90 Å². The monoisotopic (exact) mass is 392 g/mol. The van der Waals surface area contributed by atoms with Crippen molar-refractivity contribution in [2.24, 2.45) is 0 Å². The number of carbonyl (C=O) groups is 1. The van der Waals surface area contributed by atoms with Gasteiger partial charge in [0.1, 0.15) is 5.75 Å². The second kappa shape index (κ2) is 8.22. The number of hydrogen-bond acceptors (Lipinski definition) is 3. The van der Waals surface area contributed by atoms with Crippen LogP contribution in [0.4, 0.5) is 18.9 Å². The van der Waals surface area contributed by atoms with Crippen LogP contribution in [-0.4, -0.2) is 31.0 Å². The fourth-order valence-corrected chi connectivity index (χ4v) is 3.47. The molecule has 0 aromatic heterocycles. The summed E-state index contributed by atoms with van der Waals surface area (Å²) >= 11 is 0. The van der Waals surface area contributed by atoms with Gasteiger partial charge in [-0.05, 0) is 60.8 Å². The molecule has 0 saturated heterocycles. The Morgan fingerprint density at radius 2 is 1.96 bits per heavy atom. The van der Waals surface area contributed by atoms with Gasteiger partial charge in [0, 0.05) is 24.3 Å². The zero-order valence-corrected chi connectivity index (χ0v) is 15.9. The van der Waals surface area contributed by atoms with Gasteiger partial charge >= 0.3 is 6.18 Å². The predicted molar refractivity (Wildman–Crippen MR) is 102 cm³/mol. The van der Waals surface area contributed by atoms with Crippen molar-refractivity contribution in [3.63, 3.8) is 0 Å². The minimum absolute atomic E-state index is 0.0709. The molecule has 0 spiro atoms. The molecule has 7 heteroatoms. The van der Waals surface area contributed by atoms with Gasteiger partial charge in [0.15, 0.2) is 0 Å². The minimum Gasteiger partial charge on any atom is -0.496 e. The predicted octanol–water partition coefficient (Wildman–Crippen LogP) is 4.73. The molecule has 1 amide bonds. The highest BCUT2D eigenvalue weighted by atomic mass is 19.4. The molecule has 1 aliphatic rings. The van der Waals surface area contributed by atoms with Gasteiger partial charge in [-0.15, -0.1) is 0 Å². The standard InChI is InChI=1S/C21H23F3N2O2/c1-3-9-26-10-8-14-4-6-17(11-16(14)13-26)25-20(27)15-5-7-19(28-2)18(12-15)21(22,23)24/h4-7,11-12H,3,8-10,13H2,1-2H3,(H,25,27). The van der Waals surface area contributed by atoms with Gasteiger partial charge in [0.05, 0.1) is 12.7 Å². The molecule has 28 heavy (non-hydrogen) atoms. The van der Waals surface area contributed by atoms with Crippen molar-refractivity contribution in [3.05, 3.63) is 58.7 Å². The number of hydrogen-bond donors (Lipinski definition) is 1. The smallest absolute Gasteiger partial charge is 0.419 e. The van der Waals surface area contributed by atoms with Crippen molar-refractivity contribution in [1.29, 1.82) is 0 Å². The quantitative estimate of drug-likeness (QED) is 0.800. The van der Waals surface area contributed by atoms with Crippen molar-refractivity contribution in [3.8, 4) is 5.75 Å². The molecular formula is C21H23F3N2O2. The number of anilines is 1. The van der Waals surface area contributed by atoms with Gasteiger partial charge in [0.25, 0.3) is 5.91 Å². The lowest BCUT2D eigenvalue weighted by Gasteiger charge is -2.28. The van der Waals surface area contributed by atoms with E-state index in [4.69, 9.17) is 4.74 Å². The Morgan fingerprint density at radius 3 is 2.64 bits per heavy atom. The van der Waals surface area contributed by atoms with E-state index in [1.165, 1.54) is 18.7 Å². The molecule has 2 aromatic rings. The van der Waals surface area contributed by atoms with Crippen LogP contribution in [-0.2, 0) is 19.1 Å². The Balaban J connectivity index is 1.79. The molecule has 0 atom stereocenters. The number of carbonyl (C=O) groups excluding carboxylic acids is 1. The van der Waals surface area contributed by atoms with E-state index >= 15 is 0 Å². The van der Waals surface area contributed by atoms with Crippen molar-refractivity contribution in [2.45, 2.75) is 32.5 Å². The summed E-state index contributed by atoms with van der Waals surface area (Å²) in [6.07, 6.45) is -2.57. The Morgan fingerprint density at radius 1 is 1.18 bits per heavy atom. The summed E-state index contributed by atoms with van der Waals surface area (Å²) in [5.41, 5.74) is 1.92. The summed E-state index contributed by atoms with van der Waals surface area (Å²) in [5.74, 6) is -0.900. The van der Waals surface area contributed by atoms with Crippen LogP contribution in [0, 0.1) is 0 Å². The summed E-state index contributed by atoms with van der Waals surface area (Å²) in [6.45, 7) is 4.98. The molecule has 4 nitrogen and oxygen atoms in total. The molecular weight excluding hydrogens is 369 g/mol. The van der Waals surface area contributed by atoms with E-state index in [-0.39, 0.29) is 11.3 Å². The van der Waals surface area contributed by atoms with Crippen LogP contribution in [0.25, 0.3) is 0 Å². The van der Waals surface area contributed by atoms with Crippen LogP contribution in [0.15, 0.2) is 36.4 Å². The Kier molecular flexibility index (Phi) is 5.93. The fraction of sp³-hybridized carbons (Fsp3) is 0.381. The van der Waals surface area contributed by atoms with Crippen LogP contribution >= 0.6 is 0 Å². The Bertz CT molecular complexity index is 865. The average Bonchev–Trinajstić information content (AvgIpc) is 2.66. The molecule has 0 aliphatic carbocycles. The minimum atomic E-state index is -4.60. The maximum atomic E-state index is 13.2. The van der Waals surface area contributed by atoms with Crippen molar-refractivity contribution in [2.75, 3.05) is 25.5 Å². The number of methoxy groups -OCH3 is 1. The van der Waals surface area contributed by atoms with Crippen molar-refractivity contribution >= 4 is 11.6 Å². The normalized spacial score (nSPS) is 14.5. The lowest BCUT2D eigenvalue weighted by atomic mass is 9.99. The van der Waals surface area contributed by atoms with E-state index in [1.807, 2.05) is 12.1 Å². The summed E-state index contributed by atoms with van der Waals surface area (Å²) in [7, 11) is 1.17. The number of nitrogens with zero attached hydrogens (tertiary/aromatic N) is 1. The summed E-state index contributed by atoms with van der Waals surface area (Å²) in [6, 6.07) is 8.97. The third-order valence-corrected chi connectivity index (χ3v) is 4.86. The zero-order chi connectivity index (χ0) is 20.3. The first-order valence-electron chi connectivity index (χ1n) is 9.22. The molecule has 1 heterocycles. The highest BCUT2D eigenvalue weighted by Crippen LogP contribution is 2.36. The number of fused-ring (bicyclic) bond motifs is 1. The number of alkyl halides is 3. The molecule has 0 fully saturated rings. The first kappa shape index (κ1) is 20.2. The largest absolute Gasteiger partial charge is 0.496 e. The lowest BCUT2D eigenvalue weighted by molar-refractivity contribution is -0.138. The van der Waals surface area contributed by atoms with Gasteiger partial charge in [-0.2, -0.15) is 13.2 Å². The number of rotatable bonds is 5. The molecule has 1 aliphatic heterocycles. The Hall–Kier alpha value is -2.54. The third-order valence-electron chi connectivity index (χ3n) is 4.86. The third kappa shape index (κ3) is 4.47. The van der Waals surface area contributed by atoms with Gasteiger partial charge < -0.3 is 10.1 Å². The summed E-state index contributed by atoms with van der Waals surface area (Å²) in [4.78, 5) is 14.9. The van der Waals surface area contributed by atoms with Crippen LogP contribution in [0.1, 0.15) is 40.4 Å². The van der Waals surface area contributed by atoms with Crippen LogP contribution in [0.2, 0.25) is 0 Å². The fourth-order valence-electron chi connectivity index (χ4n) is 3.47. The number of halogens is 3. The second-order valence-corrected chi connectivity index (χ2v) is 6.88. The highest BCUT2D eigenvalue weighted by molar-refractivity contribution is 6.04. The zero-order valence-electron chi connectivity index (χ0n) is 15.9. The van der Waals surface area contributed by atoms with Gasteiger partial charge in [0.2, 0.25) is 0 Å².